The fraction of sp³-hybridized carbons (Fsp3) is 0.300. The summed E-state index contributed by atoms with van der Waals surface area (Å²) in [7, 11) is 1.95. The Kier molecular flexibility index (Phi) is 6.09. The highest BCUT2D eigenvalue weighted by molar-refractivity contribution is 7.18. The molecule has 1 aromatic carbocycles. The number of rotatable bonds is 3. The van der Waals surface area contributed by atoms with Crippen molar-refractivity contribution in [1.29, 1.82) is 0 Å². The molecule has 0 fully saturated rings. The van der Waals surface area contributed by atoms with Crippen molar-refractivity contribution in [1.82, 2.24) is 29.6 Å². The summed E-state index contributed by atoms with van der Waals surface area (Å²) in [6.07, 6.45) is 0. The first-order chi connectivity index (χ1) is 15.3. The van der Waals surface area contributed by atoms with Crippen molar-refractivity contribution in [2.75, 3.05) is 11.5 Å². The molecule has 33 heavy (non-hydrogen) atoms. The molecule has 0 aliphatic heterocycles. The van der Waals surface area contributed by atoms with Gasteiger partial charge in [-0.3, -0.25) is 0 Å². The van der Waals surface area contributed by atoms with E-state index in [0.29, 0.717) is 10.6 Å². The van der Waals surface area contributed by atoms with Crippen LogP contribution < -0.4 is 11.5 Å². The molecule has 0 aliphatic carbocycles. The summed E-state index contributed by atoms with van der Waals surface area (Å²) in [4.78, 5) is 21.9. The molecule has 174 valence electrons. The number of benzene rings is 1. The molecule has 0 unspecified atom stereocenters. The van der Waals surface area contributed by atoms with Gasteiger partial charge in [0, 0.05) is 18.0 Å². The van der Waals surface area contributed by atoms with Gasteiger partial charge in [0.2, 0.25) is 5.13 Å². The van der Waals surface area contributed by atoms with Gasteiger partial charge in [-0.05, 0) is 19.1 Å². The lowest BCUT2D eigenvalue weighted by atomic mass is 9.91. The quantitative estimate of drug-likeness (QED) is 0.345. The van der Waals surface area contributed by atoms with Crippen molar-refractivity contribution in [3.05, 3.63) is 40.8 Å². The zero-order valence-electron chi connectivity index (χ0n) is 18.7. The molecule has 13 heteroatoms. The van der Waals surface area contributed by atoms with E-state index < -0.39 is 11.9 Å². The van der Waals surface area contributed by atoms with E-state index in [9.17, 15) is 9.59 Å². The number of hydrogen-bond donors (Lipinski definition) is 4. The van der Waals surface area contributed by atoms with Crippen LogP contribution in [0.2, 0.25) is 0 Å². The maximum absolute atomic E-state index is 11.0. The van der Waals surface area contributed by atoms with E-state index in [1.165, 1.54) is 18.2 Å². The highest BCUT2D eigenvalue weighted by Gasteiger charge is 2.25. The Balaban J connectivity index is 0.000000189. The highest BCUT2D eigenvalue weighted by atomic mass is 32.1. The lowest BCUT2D eigenvalue weighted by molar-refractivity contribution is 0.0651. The van der Waals surface area contributed by atoms with Crippen LogP contribution in [-0.4, -0.2) is 51.7 Å². The fourth-order valence-corrected chi connectivity index (χ4v) is 3.70. The van der Waals surface area contributed by atoms with Crippen LogP contribution in [0.1, 0.15) is 53.0 Å². The predicted molar refractivity (Wildman–Crippen MR) is 123 cm³/mol. The number of nitrogens with zero attached hydrogens (tertiary/aromatic N) is 6. The molecular formula is C20H24N8O4S. The predicted octanol–water partition coefficient (Wildman–Crippen LogP) is 2.44. The molecule has 6 N–H and O–H groups in total. The van der Waals surface area contributed by atoms with E-state index in [1.807, 2.05) is 18.5 Å². The zero-order valence-corrected chi connectivity index (χ0v) is 19.5. The Morgan fingerprint density at radius 2 is 1.67 bits per heavy atom. The zero-order chi connectivity index (χ0) is 24.7. The van der Waals surface area contributed by atoms with Gasteiger partial charge in [0.15, 0.2) is 5.65 Å². The molecule has 0 saturated carbocycles. The average Bonchev–Trinajstić information content (AvgIpc) is 3.38. The Morgan fingerprint density at radius 3 is 2.15 bits per heavy atom. The lowest BCUT2D eigenvalue weighted by Crippen LogP contribution is -2.14. The van der Waals surface area contributed by atoms with Gasteiger partial charge in [0.25, 0.3) is 0 Å². The number of anilines is 2. The van der Waals surface area contributed by atoms with Gasteiger partial charge in [0.05, 0.1) is 16.8 Å². The van der Waals surface area contributed by atoms with Crippen LogP contribution in [0.3, 0.4) is 0 Å². The molecule has 12 nitrogen and oxygen atoms in total. The van der Waals surface area contributed by atoms with Crippen LogP contribution >= 0.6 is 11.3 Å². The highest BCUT2D eigenvalue weighted by Crippen LogP contribution is 2.29. The maximum Gasteiger partial charge on any atom is 0.336 e. The van der Waals surface area contributed by atoms with Crippen molar-refractivity contribution in [2.24, 2.45) is 7.05 Å². The first-order valence-corrected chi connectivity index (χ1v) is 10.5. The van der Waals surface area contributed by atoms with Gasteiger partial charge < -0.3 is 26.2 Å². The summed E-state index contributed by atoms with van der Waals surface area (Å²) in [6.45, 7) is 8.22. The second-order valence-corrected chi connectivity index (χ2v) is 9.26. The Hall–Kier alpha value is -4.00. The van der Waals surface area contributed by atoms with Gasteiger partial charge in [-0.2, -0.15) is 5.10 Å². The molecule has 4 rings (SSSR count). The summed E-state index contributed by atoms with van der Waals surface area (Å²) < 4.78 is 3.57. The summed E-state index contributed by atoms with van der Waals surface area (Å²) >= 11 is 1.09. The minimum absolute atomic E-state index is 0.0499. The van der Waals surface area contributed by atoms with Crippen LogP contribution in [0.25, 0.3) is 16.2 Å². The number of aromatic carboxylic acids is 2. The summed E-state index contributed by atoms with van der Waals surface area (Å²) in [5.74, 6) is -1.70. The molecule has 0 spiro atoms. The molecule has 0 radical (unpaired) electrons. The Morgan fingerprint density at radius 1 is 1.03 bits per heavy atom. The Bertz CT molecular complexity index is 1360. The second-order valence-electron chi connectivity index (χ2n) is 8.25. The van der Waals surface area contributed by atoms with Gasteiger partial charge in [-0.25, -0.2) is 9.59 Å². The van der Waals surface area contributed by atoms with Crippen LogP contribution in [0.4, 0.5) is 10.8 Å². The third-order valence-electron chi connectivity index (χ3n) is 4.80. The molecule has 0 aliphatic rings. The maximum atomic E-state index is 11.0. The molecule has 0 atom stereocenters. The minimum Gasteiger partial charge on any atom is -0.478 e. The van der Waals surface area contributed by atoms with Crippen molar-refractivity contribution < 1.29 is 19.8 Å². The smallest absolute Gasteiger partial charge is 0.336 e. The standard InChI is InChI=1S/C10H17N5.C10H7N3O4S/c1-6-12-15-9(14(6)5)7(11)8(13-15)10(2,3)4;11-10-13-12-7(18-10)4-1-2-5(8(14)15)6(3-4)9(16)17/h11H2,1-5H3;1-3H,(H2,11,13)(H,14,15)(H,16,17). The third kappa shape index (κ3) is 4.62. The summed E-state index contributed by atoms with van der Waals surface area (Å²) in [5.41, 5.74) is 13.9. The monoisotopic (exact) mass is 472 g/mol. The number of nitrogen functional groups attached to an aromatic ring is 2. The molecule has 4 aromatic rings. The van der Waals surface area contributed by atoms with Gasteiger partial charge in [0.1, 0.15) is 16.5 Å². The number of carboxylic acid groups (broad SMARTS) is 2. The van der Waals surface area contributed by atoms with Crippen molar-refractivity contribution in [3.8, 4) is 10.6 Å². The number of aryl methyl sites for hydroxylation is 2. The Labute approximate surface area is 192 Å². The SMILES string of the molecule is Cc1nn2nc(C(C)(C)C)c(N)c2n1C.Nc1nnc(-c2ccc(C(=O)O)c(C(=O)O)c2)s1. The van der Waals surface area contributed by atoms with Crippen molar-refractivity contribution >= 4 is 39.7 Å². The molecule has 0 saturated heterocycles. The summed E-state index contributed by atoms with van der Waals surface area (Å²) in [5, 5.41) is 34.6. The summed E-state index contributed by atoms with van der Waals surface area (Å²) in [6, 6.07) is 3.93. The number of aromatic nitrogens is 6. The third-order valence-corrected chi connectivity index (χ3v) is 5.60. The average molecular weight is 473 g/mol. The number of fused-ring (bicyclic) bond motifs is 1. The second kappa shape index (κ2) is 8.50. The lowest BCUT2D eigenvalue weighted by Gasteiger charge is -2.15. The first kappa shape index (κ1) is 23.7. The molecule has 0 amide bonds. The van der Waals surface area contributed by atoms with Gasteiger partial charge >= 0.3 is 11.9 Å². The largest absolute Gasteiger partial charge is 0.478 e. The molecule has 0 bridgehead atoms. The van der Waals surface area contributed by atoms with E-state index in [1.54, 1.807) is 4.63 Å². The number of carboxylic acids is 2. The number of carbonyl (C=O) groups is 2. The van der Waals surface area contributed by atoms with Gasteiger partial charge in [-0.15, -0.1) is 19.9 Å². The van der Waals surface area contributed by atoms with E-state index in [4.69, 9.17) is 21.7 Å². The van der Waals surface area contributed by atoms with E-state index in [2.05, 4.69) is 41.2 Å². The van der Waals surface area contributed by atoms with E-state index in [0.717, 1.165) is 34.2 Å². The van der Waals surface area contributed by atoms with E-state index in [-0.39, 0.29) is 21.7 Å². The van der Waals surface area contributed by atoms with E-state index >= 15 is 0 Å². The molecule has 3 aromatic heterocycles. The van der Waals surface area contributed by atoms with Crippen molar-refractivity contribution in [3.63, 3.8) is 0 Å². The molecular weight excluding hydrogens is 448 g/mol. The van der Waals surface area contributed by atoms with Crippen LogP contribution in [0, 0.1) is 6.92 Å². The normalized spacial score (nSPS) is 11.3. The van der Waals surface area contributed by atoms with Gasteiger partial charge in [-0.1, -0.05) is 38.2 Å². The van der Waals surface area contributed by atoms with Crippen molar-refractivity contribution in [2.45, 2.75) is 33.1 Å². The minimum atomic E-state index is -1.31. The molecule has 3 heterocycles. The number of hydrogen-bond acceptors (Lipinski definition) is 9. The number of nitrogens with two attached hydrogens (primary N) is 2. The van der Waals surface area contributed by atoms with Crippen LogP contribution in [0.15, 0.2) is 18.2 Å². The van der Waals surface area contributed by atoms with Crippen LogP contribution in [0.5, 0.6) is 0 Å². The first-order valence-electron chi connectivity index (χ1n) is 9.69. The topological polar surface area (TPSA) is 188 Å². The van der Waals surface area contributed by atoms with Crippen LogP contribution in [-0.2, 0) is 12.5 Å². The fourth-order valence-electron chi connectivity index (χ4n) is 3.10.